The van der Waals surface area contributed by atoms with Crippen molar-refractivity contribution in [1.82, 2.24) is 4.57 Å². The number of thioether (sulfide) groups is 1. The molecule has 2 N–H and O–H groups in total. The van der Waals surface area contributed by atoms with Crippen LogP contribution in [0.3, 0.4) is 0 Å². The third-order valence-electron chi connectivity index (χ3n) is 7.37. The first kappa shape index (κ1) is 28.9. The molecule has 1 aromatic heterocycles. The Morgan fingerprint density at radius 2 is 1.73 bits per heavy atom. The van der Waals surface area contributed by atoms with Crippen LogP contribution < -0.4 is 16.0 Å². The molecule has 4 nitrogen and oxygen atoms in total. The van der Waals surface area contributed by atoms with E-state index in [1.54, 1.807) is 19.9 Å². The number of ether oxygens (including phenoxy) is 1. The van der Waals surface area contributed by atoms with Crippen LogP contribution in [0.1, 0.15) is 46.8 Å². The summed E-state index contributed by atoms with van der Waals surface area (Å²) in [6, 6.07) is 15.1. The minimum atomic E-state index is -4.80. The number of pyridine rings is 1. The second-order valence-corrected chi connectivity index (χ2v) is 10.8. The van der Waals surface area contributed by atoms with E-state index in [1.807, 2.05) is 30.3 Å². The second-order valence-electron chi connectivity index (χ2n) is 9.76. The molecule has 2 heterocycles. The van der Waals surface area contributed by atoms with Crippen LogP contribution in [0.2, 0.25) is 0 Å². The van der Waals surface area contributed by atoms with Gasteiger partial charge in [-0.05, 0) is 48.7 Å². The van der Waals surface area contributed by atoms with Gasteiger partial charge < -0.3 is 10.5 Å². The Morgan fingerprint density at radius 1 is 1.02 bits per heavy atom. The molecule has 0 saturated heterocycles. The molecule has 0 bridgehead atoms. The Bertz CT molecular complexity index is 1650. The van der Waals surface area contributed by atoms with Crippen molar-refractivity contribution >= 4 is 11.8 Å². The maximum Gasteiger partial charge on any atom is 0.416 e. The summed E-state index contributed by atoms with van der Waals surface area (Å²) in [6.45, 7) is 3.43. The lowest BCUT2D eigenvalue weighted by molar-refractivity contribution is -0.138. The molecule has 3 aromatic carbocycles. The normalized spacial score (nSPS) is 15.6. The van der Waals surface area contributed by atoms with Gasteiger partial charge in [-0.25, -0.2) is 8.78 Å². The molecule has 2 atom stereocenters. The molecule has 0 fully saturated rings. The van der Waals surface area contributed by atoms with Crippen LogP contribution >= 0.6 is 11.8 Å². The van der Waals surface area contributed by atoms with Gasteiger partial charge in [0, 0.05) is 23.3 Å². The Morgan fingerprint density at radius 3 is 2.41 bits per heavy atom. The third-order valence-corrected chi connectivity index (χ3v) is 8.59. The standard InChI is InChI=1S/C31H27F5N2O2S/c1-3-40-25-14-7-11-19(27(25)33)26-17(2)20(15-21-22(31(34,35)36)12-8-13-23(21)32)30-38(29(26)39)24(16-41-30)28(37)18-9-5-4-6-10-18/h4-14,24,28H,3,15-16,37H2,1-2H3. The van der Waals surface area contributed by atoms with Gasteiger partial charge >= 0.3 is 6.18 Å². The summed E-state index contributed by atoms with van der Waals surface area (Å²) < 4.78 is 79.4. The van der Waals surface area contributed by atoms with E-state index in [0.717, 1.165) is 23.8 Å². The minimum Gasteiger partial charge on any atom is -0.491 e. The first-order valence-electron chi connectivity index (χ1n) is 13.0. The summed E-state index contributed by atoms with van der Waals surface area (Å²) in [4.78, 5) is 14.2. The topological polar surface area (TPSA) is 57.2 Å². The van der Waals surface area contributed by atoms with Gasteiger partial charge in [0.1, 0.15) is 5.82 Å². The van der Waals surface area contributed by atoms with Gasteiger partial charge in [-0.1, -0.05) is 48.5 Å². The molecule has 0 saturated carbocycles. The molecule has 4 aromatic rings. The van der Waals surface area contributed by atoms with Crippen molar-refractivity contribution < 1.29 is 26.7 Å². The molecule has 41 heavy (non-hydrogen) atoms. The van der Waals surface area contributed by atoms with Crippen LogP contribution in [0.5, 0.6) is 5.75 Å². The number of benzene rings is 3. The first-order chi connectivity index (χ1) is 19.5. The van der Waals surface area contributed by atoms with Gasteiger partial charge in [0.25, 0.3) is 5.56 Å². The summed E-state index contributed by atoms with van der Waals surface area (Å²) in [7, 11) is 0. The maximum absolute atomic E-state index is 15.7. The number of hydrogen-bond donors (Lipinski definition) is 1. The van der Waals surface area contributed by atoms with Crippen molar-refractivity contribution in [3.63, 3.8) is 0 Å². The molecule has 0 amide bonds. The van der Waals surface area contributed by atoms with Crippen LogP contribution in [-0.2, 0) is 12.6 Å². The summed E-state index contributed by atoms with van der Waals surface area (Å²) in [5, 5.41) is 0.394. The Kier molecular flexibility index (Phi) is 7.98. The van der Waals surface area contributed by atoms with Gasteiger partial charge in [0.2, 0.25) is 0 Å². The fourth-order valence-electron chi connectivity index (χ4n) is 5.37. The van der Waals surface area contributed by atoms with Gasteiger partial charge in [0.15, 0.2) is 11.6 Å². The van der Waals surface area contributed by atoms with Gasteiger partial charge in [-0.3, -0.25) is 9.36 Å². The SMILES string of the molecule is CCOc1cccc(-c2c(C)c(Cc3c(F)cccc3C(F)(F)F)c3n(c2=O)C(C(N)c2ccccc2)CS3)c1F. The largest absolute Gasteiger partial charge is 0.491 e. The van der Waals surface area contributed by atoms with Crippen molar-refractivity contribution in [2.75, 3.05) is 12.4 Å². The van der Waals surface area contributed by atoms with E-state index in [-0.39, 0.29) is 29.0 Å². The zero-order chi connectivity index (χ0) is 29.5. The number of nitrogens with two attached hydrogens (primary N) is 1. The fourth-order valence-corrected chi connectivity index (χ4v) is 6.81. The highest BCUT2D eigenvalue weighted by Gasteiger charge is 2.38. The lowest BCUT2D eigenvalue weighted by Crippen LogP contribution is -2.33. The molecule has 1 aliphatic rings. The quantitative estimate of drug-likeness (QED) is 0.229. The van der Waals surface area contributed by atoms with Gasteiger partial charge in [-0.15, -0.1) is 11.8 Å². The zero-order valence-electron chi connectivity index (χ0n) is 22.3. The molecule has 0 spiro atoms. The molecule has 10 heteroatoms. The van der Waals surface area contributed by atoms with Crippen molar-refractivity contribution in [2.24, 2.45) is 5.73 Å². The fraction of sp³-hybridized carbons (Fsp3) is 0.258. The van der Waals surface area contributed by atoms with E-state index in [4.69, 9.17) is 10.5 Å². The van der Waals surface area contributed by atoms with Crippen molar-refractivity contribution in [3.8, 4) is 16.9 Å². The van der Waals surface area contributed by atoms with Crippen LogP contribution in [-0.4, -0.2) is 16.9 Å². The lowest BCUT2D eigenvalue weighted by Gasteiger charge is -2.25. The number of nitrogens with zero attached hydrogens (tertiary/aromatic N) is 1. The number of fused-ring (bicyclic) bond motifs is 1. The molecule has 2 unspecified atom stereocenters. The maximum atomic E-state index is 15.7. The van der Waals surface area contributed by atoms with Crippen LogP contribution in [0, 0.1) is 18.6 Å². The monoisotopic (exact) mass is 586 g/mol. The average Bonchev–Trinajstić information content (AvgIpc) is 3.39. The van der Waals surface area contributed by atoms with Crippen LogP contribution in [0.4, 0.5) is 22.0 Å². The van der Waals surface area contributed by atoms with E-state index in [0.29, 0.717) is 16.3 Å². The minimum absolute atomic E-state index is 0.0273. The predicted molar refractivity (Wildman–Crippen MR) is 149 cm³/mol. The highest BCUT2D eigenvalue weighted by Crippen LogP contribution is 2.44. The van der Waals surface area contributed by atoms with Crippen molar-refractivity contribution in [3.05, 3.63) is 117 Å². The van der Waals surface area contributed by atoms with Crippen LogP contribution in [0.25, 0.3) is 11.1 Å². The van der Waals surface area contributed by atoms with Crippen molar-refractivity contribution in [2.45, 2.75) is 43.6 Å². The molecule has 5 rings (SSSR count). The third kappa shape index (κ3) is 5.26. The predicted octanol–water partition coefficient (Wildman–Crippen LogP) is 7.46. The molecule has 1 aliphatic heterocycles. The summed E-state index contributed by atoms with van der Waals surface area (Å²) in [5.41, 5.74) is 5.72. The number of alkyl halides is 3. The van der Waals surface area contributed by atoms with E-state index in [9.17, 15) is 18.0 Å². The number of aromatic nitrogens is 1. The smallest absolute Gasteiger partial charge is 0.416 e. The molecular formula is C31H27F5N2O2S. The number of rotatable bonds is 7. The van der Waals surface area contributed by atoms with Crippen molar-refractivity contribution in [1.29, 1.82) is 0 Å². The summed E-state index contributed by atoms with van der Waals surface area (Å²) in [5.74, 6) is -1.49. The van der Waals surface area contributed by atoms with E-state index >= 15 is 8.78 Å². The second kappa shape index (κ2) is 11.3. The Labute approximate surface area is 238 Å². The number of hydrogen-bond acceptors (Lipinski definition) is 4. The molecule has 0 aliphatic carbocycles. The van der Waals surface area contributed by atoms with Gasteiger partial charge in [-0.2, -0.15) is 13.2 Å². The highest BCUT2D eigenvalue weighted by molar-refractivity contribution is 7.99. The summed E-state index contributed by atoms with van der Waals surface area (Å²) in [6.07, 6.45) is -5.25. The van der Waals surface area contributed by atoms with E-state index < -0.39 is 53.0 Å². The van der Waals surface area contributed by atoms with Gasteiger partial charge in [0.05, 0.1) is 34.8 Å². The number of halogens is 5. The Balaban J connectivity index is 1.78. The van der Waals surface area contributed by atoms with E-state index in [1.165, 1.54) is 28.5 Å². The van der Waals surface area contributed by atoms with Crippen LogP contribution in [0.15, 0.2) is 76.6 Å². The summed E-state index contributed by atoms with van der Waals surface area (Å²) >= 11 is 1.27. The lowest BCUT2D eigenvalue weighted by atomic mass is 9.91. The zero-order valence-corrected chi connectivity index (χ0v) is 23.1. The van der Waals surface area contributed by atoms with E-state index in [2.05, 4.69) is 0 Å². The highest BCUT2D eigenvalue weighted by atomic mass is 32.2. The molecule has 0 radical (unpaired) electrons. The molecular weight excluding hydrogens is 559 g/mol. The molecule has 214 valence electrons. The Hall–Kier alpha value is -3.63. The first-order valence-corrected chi connectivity index (χ1v) is 14.0. The average molecular weight is 587 g/mol.